The van der Waals surface area contributed by atoms with Crippen molar-refractivity contribution in [1.29, 1.82) is 0 Å². The zero-order valence-electron chi connectivity index (χ0n) is 23.6. The van der Waals surface area contributed by atoms with Crippen LogP contribution in [0.4, 0.5) is 17.6 Å². The largest absolute Gasteiger partial charge is 0.416 e. The predicted molar refractivity (Wildman–Crippen MR) is 152 cm³/mol. The van der Waals surface area contributed by atoms with Gasteiger partial charge in [0, 0.05) is 46.6 Å². The third-order valence-corrected chi connectivity index (χ3v) is 10.4. The minimum Gasteiger partial charge on any atom is -0.376 e. The van der Waals surface area contributed by atoms with E-state index in [9.17, 15) is 35.9 Å². The van der Waals surface area contributed by atoms with Crippen molar-refractivity contribution >= 4 is 16.6 Å². The molecule has 234 valence electrons. The third kappa shape index (κ3) is 7.49. The number of nitrogens with one attached hydrogen (secondary N) is 1. The molecule has 0 radical (unpaired) electrons. The van der Waals surface area contributed by atoms with Crippen molar-refractivity contribution in [1.82, 2.24) is 18.8 Å². The van der Waals surface area contributed by atoms with Gasteiger partial charge in [-0.2, -0.15) is 30.2 Å². The van der Waals surface area contributed by atoms with Crippen LogP contribution in [0.5, 0.6) is 0 Å². The minimum atomic E-state index is -4.31. The highest BCUT2D eigenvalue weighted by Gasteiger charge is 2.47. The first-order valence-corrected chi connectivity index (χ1v) is 15.6. The molecule has 2 aromatic carbocycles. The number of aliphatic hydroxyl groups is 1. The number of carbonyl (C=O) groups is 1. The van der Waals surface area contributed by atoms with Crippen molar-refractivity contribution in [3.05, 3.63) is 71.0 Å². The average Bonchev–Trinajstić information content (AvgIpc) is 3.48. The zero-order chi connectivity index (χ0) is 30.5. The van der Waals surface area contributed by atoms with Crippen molar-refractivity contribution in [2.24, 2.45) is 5.92 Å². The monoisotopic (exact) mass is 616 g/mol. The van der Waals surface area contributed by atoms with Crippen molar-refractivity contribution in [2.45, 2.75) is 63.5 Å². The molecule has 13 heteroatoms. The van der Waals surface area contributed by atoms with Gasteiger partial charge in [-0.15, -0.1) is 0 Å². The van der Waals surface area contributed by atoms with Gasteiger partial charge in [0.15, 0.2) is 0 Å². The van der Waals surface area contributed by atoms with Crippen LogP contribution >= 0.6 is 0 Å². The smallest absolute Gasteiger partial charge is 0.376 e. The van der Waals surface area contributed by atoms with E-state index in [1.807, 2.05) is 6.92 Å². The van der Waals surface area contributed by atoms with E-state index >= 15 is 0 Å². The van der Waals surface area contributed by atoms with Crippen LogP contribution < -0.4 is 5.32 Å². The maximum absolute atomic E-state index is 13.6. The molecule has 42 heavy (non-hydrogen) atoms. The van der Waals surface area contributed by atoms with Gasteiger partial charge >= 0.3 is 6.18 Å². The van der Waals surface area contributed by atoms with E-state index in [1.165, 1.54) is 32.9 Å². The van der Waals surface area contributed by atoms with Crippen LogP contribution in [0.2, 0.25) is 0 Å². The lowest BCUT2D eigenvalue weighted by atomic mass is 9.88. The van der Waals surface area contributed by atoms with Gasteiger partial charge in [0.05, 0.1) is 11.6 Å². The van der Waals surface area contributed by atoms with Crippen LogP contribution in [0.1, 0.15) is 63.2 Å². The number of amides is 1. The Hall–Kier alpha value is -2.58. The number of carbonyl (C=O) groups excluding carboxylic acids is 1. The van der Waals surface area contributed by atoms with Crippen molar-refractivity contribution in [2.75, 3.05) is 32.7 Å². The molecule has 0 bridgehead atoms. The summed E-state index contributed by atoms with van der Waals surface area (Å²) in [4.78, 5) is 12.0. The topological polar surface area (TPSA) is 93.2 Å². The molecule has 0 saturated carbocycles. The van der Waals surface area contributed by atoms with E-state index in [-0.39, 0.29) is 25.7 Å². The van der Waals surface area contributed by atoms with Gasteiger partial charge in [-0.25, -0.2) is 4.39 Å². The first kappa shape index (κ1) is 32.3. The van der Waals surface area contributed by atoms with Gasteiger partial charge in [0.1, 0.15) is 11.5 Å². The molecule has 3 saturated heterocycles. The molecule has 0 spiro atoms. The Labute approximate surface area is 246 Å². The highest BCUT2D eigenvalue weighted by molar-refractivity contribution is 7.86. The summed E-state index contributed by atoms with van der Waals surface area (Å²) in [6.07, 6.45) is 0.608. The number of halogens is 4. The molecule has 5 rings (SSSR count). The van der Waals surface area contributed by atoms with Crippen LogP contribution in [0, 0.1) is 11.7 Å². The SMILES string of the molecule is CC(O)([C@H]1CCCN(S(=O)(=O)N2CCC2c2cccc(F)c2)C1)N1CCCC1.O=CNCc1ccc(C(F)(F)F)cc1.[HH]. The molecule has 3 aliphatic heterocycles. The van der Waals surface area contributed by atoms with E-state index < -0.39 is 27.7 Å². The summed E-state index contributed by atoms with van der Waals surface area (Å²) in [5.74, 6) is -0.454. The van der Waals surface area contributed by atoms with E-state index in [0.717, 1.165) is 50.9 Å². The molecule has 0 aromatic heterocycles. The van der Waals surface area contributed by atoms with Gasteiger partial charge in [0.2, 0.25) is 6.41 Å². The fourth-order valence-corrected chi connectivity index (χ4v) is 7.74. The first-order valence-electron chi connectivity index (χ1n) is 14.2. The number of piperidine rings is 1. The van der Waals surface area contributed by atoms with Gasteiger partial charge in [-0.1, -0.05) is 24.3 Å². The van der Waals surface area contributed by atoms with Crippen LogP contribution in [0.3, 0.4) is 0 Å². The maximum Gasteiger partial charge on any atom is 0.416 e. The molecule has 1 amide bonds. The van der Waals surface area contributed by atoms with E-state index in [0.29, 0.717) is 43.6 Å². The summed E-state index contributed by atoms with van der Waals surface area (Å²) in [5, 5.41) is 13.5. The highest BCUT2D eigenvalue weighted by Crippen LogP contribution is 2.39. The lowest BCUT2D eigenvalue weighted by molar-refractivity contribution is -0.137. The van der Waals surface area contributed by atoms with Crippen LogP contribution in [-0.2, 0) is 27.7 Å². The lowest BCUT2D eigenvalue weighted by Gasteiger charge is -2.47. The number of hydrogen-bond acceptors (Lipinski definition) is 5. The Balaban J connectivity index is 0.000000287. The molecule has 3 atom stereocenters. The van der Waals surface area contributed by atoms with Crippen LogP contribution in [-0.4, -0.2) is 71.9 Å². The quantitative estimate of drug-likeness (QED) is 0.336. The normalized spacial score (nSPS) is 23.8. The average molecular weight is 617 g/mol. The zero-order valence-corrected chi connectivity index (χ0v) is 24.4. The van der Waals surface area contributed by atoms with Gasteiger partial charge in [-0.05, 0) is 74.4 Å². The standard InChI is InChI=1S/C20H30FN3O3S.C9H8F3NO.H2/c1-20(25,22-10-2-3-11-22)17-7-5-12-23(15-17)28(26,27)24-13-9-19(24)16-6-4-8-18(21)14-16;10-9(11,12)8-3-1-7(2-4-8)5-13-6-14;/h4,6,8,14,17,19,25H,2-3,5,7,9-13,15H2,1H3;1-4,6H,5H2,(H,13,14);1H/t17-,19?,20?;;/m0../s1. The second kappa shape index (κ2) is 13.4. The molecule has 3 heterocycles. The summed E-state index contributed by atoms with van der Waals surface area (Å²) in [5.41, 5.74) is -0.341. The molecular formula is C29H40F4N4O4S. The first-order chi connectivity index (χ1) is 19.8. The number of alkyl halides is 3. The number of hydrogen-bond donors (Lipinski definition) is 2. The van der Waals surface area contributed by atoms with Gasteiger partial charge < -0.3 is 10.4 Å². The van der Waals surface area contributed by atoms with Crippen LogP contribution in [0.15, 0.2) is 48.5 Å². The molecule has 3 fully saturated rings. The summed E-state index contributed by atoms with van der Waals surface area (Å²) in [6, 6.07) is 10.5. The minimum absolute atomic E-state index is 0. The Morgan fingerprint density at radius 1 is 1.02 bits per heavy atom. The molecule has 0 aliphatic carbocycles. The Morgan fingerprint density at radius 3 is 2.29 bits per heavy atom. The molecule has 2 N–H and O–H groups in total. The predicted octanol–water partition coefficient (Wildman–Crippen LogP) is 4.53. The van der Waals surface area contributed by atoms with E-state index in [4.69, 9.17) is 0 Å². The lowest BCUT2D eigenvalue weighted by Crippen LogP contribution is -2.59. The molecule has 8 nitrogen and oxygen atoms in total. The molecule has 2 aromatic rings. The van der Waals surface area contributed by atoms with Gasteiger partial charge in [-0.3, -0.25) is 9.69 Å². The summed E-state index contributed by atoms with van der Waals surface area (Å²) in [7, 11) is -3.64. The Bertz CT molecular complexity index is 1310. The second-order valence-electron chi connectivity index (χ2n) is 11.2. The van der Waals surface area contributed by atoms with E-state index in [2.05, 4.69) is 10.2 Å². The number of likely N-dealkylation sites (tertiary alicyclic amines) is 1. The summed E-state index contributed by atoms with van der Waals surface area (Å²) in [6.45, 7) is 5.06. The molecule has 3 aliphatic rings. The second-order valence-corrected chi connectivity index (χ2v) is 13.0. The van der Waals surface area contributed by atoms with E-state index in [1.54, 1.807) is 12.1 Å². The van der Waals surface area contributed by atoms with Gasteiger partial charge in [0.25, 0.3) is 10.2 Å². The Kier molecular flexibility index (Phi) is 10.3. The number of benzene rings is 2. The van der Waals surface area contributed by atoms with Crippen molar-refractivity contribution in [3.63, 3.8) is 0 Å². The van der Waals surface area contributed by atoms with Crippen molar-refractivity contribution in [3.8, 4) is 0 Å². The maximum atomic E-state index is 13.6. The van der Waals surface area contributed by atoms with Crippen molar-refractivity contribution < 1.29 is 37.3 Å². The van der Waals surface area contributed by atoms with Crippen LogP contribution in [0.25, 0.3) is 0 Å². The molecular weight excluding hydrogens is 576 g/mol. The molecule has 2 unspecified atom stereocenters. The number of nitrogens with zero attached hydrogens (tertiary/aromatic N) is 3. The Morgan fingerprint density at radius 2 is 1.71 bits per heavy atom. The fraction of sp³-hybridized carbons (Fsp3) is 0.552. The summed E-state index contributed by atoms with van der Waals surface area (Å²) < 4.78 is 79.5. The highest BCUT2D eigenvalue weighted by atomic mass is 32.2. The third-order valence-electron chi connectivity index (χ3n) is 8.40. The summed E-state index contributed by atoms with van der Waals surface area (Å²) >= 11 is 0. The number of rotatable bonds is 8. The fourth-order valence-electron chi connectivity index (χ4n) is 5.83.